The van der Waals surface area contributed by atoms with Gasteiger partial charge >= 0.3 is 6.03 Å². The zero-order valence-electron chi connectivity index (χ0n) is 13.8. The summed E-state index contributed by atoms with van der Waals surface area (Å²) in [5.41, 5.74) is 3.11. The highest BCUT2D eigenvalue weighted by Gasteiger charge is 2.19. The number of benzene rings is 2. The van der Waals surface area contributed by atoms with Gasteiger partial charge in [-0.15, -0.1) is 0 Å². The topological polar surface area (TPSA) is 32.3 Å². The Morgan fingerprint density at radius 1 is 1.00 bits per heavy atom. The lowest BCUT2D eigenvalue weighted by Crippen LogP contribution is -2.31. The van der Waals surface area contributed by atoms with Crippen LogP contribution >= 0.6 is 0 Å². The largest absolute Gasteiger partial charge is 0.323 e. The molecule has 3 heteroatoms. The van der Waals surface area contributed by atoms with Gasteiger partial charge in [-0.2, -0.15) is 0 Å². The van der Waals surface area contributed by atoms with Gasteiger partial charge in [0.1, 0.15) is 0 Å². The summed E-state index contributed by atoms with van der Waals surface area (Å²) in [7, 11) is 1.81. The molecule has 0 radical (unpaired) electrons. The van der Waals surface area contributed by atoms with E-state index in [1.807, 2.05) is 55.6 Å². The number of carbonyl (C=O) groups is 1. The molecule has 2 amide bonds. The number of nitrogens with one attached hydrogen (secondary N) is 1. The average Bonchev–Trinajstić information content (AvgIpc) is 2.47. The van der Waals surface area contributed by atoms with Gasteiger partial charge in [0.05, 0.1) is 0 Å². The molecule has 2 rings (SSSR count). The smallest absolute Gasteiger partial charge is 0.321 e. The van der Waals surface area contributed by atoms with E-state index in [2.05, 4.69) is 32.2 Å². The number of urea groups is 1. The van der Waals surface area contributed by atoms with Crippen LogP contribution < -0.4 is 5.32 Å². The number of para-hydroxylation sites is 1. The number of hydrogen-bond acceptors (Lipinski definition) is 1. The number of rotatable bonds is 3. The molecule has 0 unspecified atom stereocenters. The van der Waals surface area contributed by atoms with Gasteiger partial charge in [0.15, 0.2) is 0 Å². The number of carbonyl (C=O) groups excluding carboxylic acids is 1. The second kappa shape index (κ2) is 6.65. The van der Waals surface area contributed by atoms with Crippen LogP contribution in [-0.2, 0) is 12.0 Å². The average molecular weight is 296 g/mol. The third kappa shape index (κ3) is 4.10. The SMILES string of the molecule is CN(Cc1ccccc1)C(=O)Nc1ccccc1C(C)(C)C. The first-order valence-electron chi connectivity index (χ1n) is 7.53. The number of hydrogen-bond donors (Lipinski definition) is 1. The van der Waals surface area contributed by atoms with Gasteiger partial charge in [-0.05, 0) is 22.6 Å². The molecule has 0 spiro atoms. The highest BCUT2D eigenvalue weighted by molar-refractivity contribution is 5.90. The van der Waals surface area contributed by atoms with Crippen molar-refractivity contribution >= 4 is 11.7 Å². The van der Waals surface area contributed by atoms with Gasteiger partial charge in [-0.25, -0.2) is 4.79 Å². The maximum atomic E-state index is 12.4. The quantitative estimate of drug-likeness (QED) is 0.878. The third-order valence-electron chi connectivity index (χ3n) is 3.59. The fourth-order valence-electron chi connectivity index (χ4n) is 2.39. The minimum absolute atomic E-state index is 0.0120. The van der Waals surface area contributed by atoms with Crippen LogP contribution in [0, 0.1) is 0 Å². The number of amides is 2. The van der Waals surface area contributed by atoms with Gasteiger partial charge in [0, 0.05) is 19.3 Å². The van der Waals surface area contributed by atoms with E-state index in [4.69, 9.17) is 0 Å². The summed E-state index contributed by atoms with van der Waals surface area (Å²) in [5.74, 6) is 0. The molecule has 0 atom stereocenters. The van der Waals surface area contributed by atoms with Gasteiger partial charge in [0.2, 0.25) is 0 Å². The van der Waals surface area contributed by atoms with Crippen LogP contribution in [0.25, 0.3) is 0 Å². The molecule has 0 heterocycles. The second-order valence-corrected chi connectivity index (χ2v) is 6.57. The molecule has 0 saturated heterocycles. The van der Waals surface area contributed by atoms with Crippen molar-refractivity contribution < 1.29 is 4.79 Å². The van der Waals surface area contributed by atoms with Crippen LogP contribution in [0.2, 0.25) is 0 Å². The summed E-state index contributed by atoms with van der Waals surface area (Å²) in [6.45, 7) is 7.02. The van der Waals surface area contributed by atoms with Gasteiger partial charge in [-0.1, -0.05) is 69.3 Å². The van der Waals surface area contributed by atoms with Gasteiger partial charge in [0.25, 0.3) is 0 Å². The summed E-state index contributed by atoms with van der Waals surface area (Å²) >= 11 is 0. The van der Waals surface area contributed by atoms with E-state index in [1.54, 1.807) is 4.90 Å². The molecular formula is C19H24N2O. The fraction of sp³-hybridized carbons (Fsp3) is 0.316. The fourth-order valence-corrected chi connectivity index (χ4v) is 2.39. The summed E-state index contributed by atoms with van der Waals surface area (Å²) in [4.78, 5) is 14.1. The molecule has 2 aromatic carbocycles. The Hall–Kier alpha value is -2.29. The van der Waals surface area contributed by atoms with Crippen LogP contribution in [-0.4, -0.2) is 18.0 Å². The molecule has 116 valence electrons. The monoisotopic (exact) mass is 296 g/mol. The van der Waals surface area contributed by atoms with E-state index in [0.29, 0.717) is 6.54 Å². The molecule has 0 aliphatic rings. The first-order chi connectivity index (χ1) is 10.4. The Labute approximate surface area is 133 Å². The standard InChI is InChI=1S/C19H24N2O/c1-19(2,3)16-12-8-9-13-17(16)20-18(22)21(4)14-15-10-6-5-7-11-15/h5-13H,14H2,1-4H3,(H,20,22). The van der Waals surface area contributed by atoms with E-state index in [-0.39, 0.29) is 11.4 Å². The van der Waals surface area contributed by atoms with E-state index >= 15 is 0 Å². The molecule has 1 N–H and O–H groups in total. The molecule has 0 fully saturated rings. The lowest BCUT2D eigenvalue weighted by Gasteiger charge is -2.25. The normalized spacial score (nSPS) is 11.1. The minimum Gasteiger partial charge on any atom is -0.323 e. The zero-order chi connectivity index (χ0) is 16.2. The van der Waals surface area contributed by atoms with Crippen LogP contribution in [0.1, 0.15) is 31.9 Å². The van der Waals surface area contributed by atoms with Crippen molar-refractivity contribution in [2.24, 2.45) is 0 Å². The van der Waals surface area contributed by atoms with E-state index in [0.717, 1.165) is 16.8 Å². The summed E-state index contributed by atoms with van der Waals surface area (Å²) in [6.07, 6.45) is 0. The Balaban J connectivity index is 2.09. The Morgan fingerprint density at radius 2 is 1.59 bits per heavy atom. The van der Waals surface area contributed by atoms with Crippen molar-refractivity contribution in [3.05, 3.63) is 65.7 Å². The second-order valence-electron chi connectivity index (χ2n) is 6.57. The van der Waals surface area contributed by atoms with Gasteiger partial charge < -0.3 is 10.2 Å². The van der Waals surface area contributed by atoms with Crippen molar-refractivity contribution in [3.63, 3.8) is 0 Å². The molecule has 2 aromatic rings. The molecule has 0 aliphatic heterocycles. The zero-order valence-corrected chi connectivity index (χ0v) is 13.8. The van der Waals surface area contributed by atoms with Crippen molar-refractivity contribution in [1.82, 2.24) is 4.90 Å². The number of nitrogens with zero attached hydrogens (tertiary/aromatic N) is 1. The molecule has 22 heavy (non-hydrogen) atoms. The first-order valence-corrected chi connectivity index (χ1v) is 7.53. The van der Waals surface area contributed by atoms with Crippen molar-refractivity contribution in [2.45, 2.75) is 32.7 Å². The van der Waals surface area contributed by atoms with Crippen LogP contribution in [0.4, 0.5) is 10.5 Å². The molecule has 0 aliphatic carbocycles. The Bertz CT molecular complexity index is 629. The van der Waals surface area contributed by atoms with Crippen molar-refractivity contribution in [2.75, 3.05) is 12.4 Å². The lowest BCUT2D eigenvalue weighted by atomic mass is 9.86. The van der Waals surface area contributed by atoms with Gasteiger partial charge in [-0.3, -0.25) is 0 Å². The molecule has 0 aromatic heterocycles. The summed E-state index contributed by atoms with van der Waals surface area (Å²) in [5, 5.41) is 3.02. The van der Waals surface area contributed by atoms with Crippen molar-refractivity contribution in [1.29, 1.82) is 0 Å². The van der Waals surface area contributed by atoms with Crippen LogP contribution in [0.15, 0.2) is 54.6 Å². The maximum Gasteiger partial charge on any atom is 0.321 e. The molecule has 3 nitrogen and oxygen atoms in total. The predicted molar refractivity (Wildman–Crippen MR) is 92.1 cm³/mol. The van der Waals surface area contributed by atoms with Crippen molar-refractivity contribution in [3.8, 4) is 0 Å². The number of anilines is 1. The predicted octanol–water partition coefficient (Wildman–Crippen LogP) is 4.65. The highest BCUT2D eigenvalue weighted by atomic mass is 16.2. The first kappa shape index (κ1) is 16.1. The summed E-state index contributed by atoms with van der Waals surface area (Å²) < 4.78 is 0. The Morgan fingerprint density at radius 3 is 2.23 bits per heavy atom. The molecular weight excluding hydrogens is 272 g/mol. The van der Waals surface area contributed by atoms with Crippen LogP contribution in [0.5, 0.6) is 0 Å². The van der Waals surface area contributed by atoms with E-state index < -0.39 is 0 Å². The van der Waals surface area contributed by atoms with E-state index in [9.17, 15) is 4.79 Å². The lowest BCUT2D eigenvalue weighted by molar-refractivity contribution is 0.220. The molecule has 0 saturated carbocycles. The van der Waals surface area contributed by atoms with Crippen LogP contribution in [0.3, 0.4) is 0 Å². The maximum absolute atomic E-state index is 12.4. The minimum atomic E-state index is -0.0967. The third-order valence-corrected chi connectivity index (χ3v) is 3.59. The molecule has 0 bridgehead atoms. The Kier molecular flexibility index (Phi) is 4.86. The summed E-state index contributed by atoms with van der Waals surface area (Å²) in [6, 6.07) is 17.9. The highest BCUT2D eigenvalue weighted by Crippen LogP contribution is 2.29. The van der Waals surface area contributed by atoms with E-state index in [1.165, 1.54) is 0 Å².